The zero-order valence-electron chi connectivity index (χ0n) is 9.30. The molecule has 1 unspecified atom stereocenters. The lowest BCUT2D eigenvalue weighted by Crippen LogP contribution is -2.17. The Morgan fingerprint density at radius 2 is 2.29 bits per heavy atom. The number of aliphatic carboxylic acids is 1. The van der Waals surface area contributed by atoms with Gasteiger partial charge in [0, 0.05) is 5.56 Å². The minimum Gasteiger partial charge on any atom is -0.486 e. The van der Waals surface area contributed by atoms with Crippen LogP contribution in [-0.4, -0.2) is 29.8 Å². The summed E-state index contributed by atoms with van der Waals surface area (Å²) in [7, 11) is 0. The Bertz CT molecular complexity index is 466. The Morgan fingerprint density at radius 3 is 3.00 bits per heavy atom. The fourth-order valence-corrected chi connectivity index (χ4v) is 1.69. The Labute approximate surface area is 98.0 Å². The lowest BCUT2D eigenvalue weighted by Gasteiger charge is -2.13. The summed E-state index contributed by atoms with van der Waals surface area (Å²) in [6.45, 7) is 1.93. The van der Waals surface area contributed by atoms with E-state index in [1.54, 1.807) is 25.1 Å². The van der Waals surface area contributed by atoms with E-state index in [0.717, 1.165) is 0 Å². The fraction of sp³-hybridized carbons (Fsp3) is 0.333. The van der Waals surface area contributed by atoms with Crippen molar-refractivity contribution in [1.29, 1.82) is 0 Å². The Morgan fingerprint density at radius 1 is 1.53 bits per heavy atom. The first-order valence-corrected chi connectivity index (χ1v) is 5.25. The van der Waals surface area contributed by atoms with Crippen LogP contribution in [0.5, 0.6) is 5.75 Å². The number of benzene rings is 1. The number of carbonyl (C=O) groups is 2. The maximum absolute atomic E-state index is 11.6. The molecule has 17 heavy (non-hydrogen) atoms. The van der Waals surface area contributed by atoms with Crippen LogP contribution in [-0.2, 0) is 16.0 Å². The molecule has 1 aliphatic heterocycles. The highest BCUT2D eigenvalue weighted by Crippen LogP contribution is 2.28. The third-order valence-electron chi connectivity index (χ3n) is 2.43. The van der Waals surface area contributed by atoms with E-state index in [1.807, 2.05) is 0 Å². The summed E-state index contributed by atoms with van der Waals surface area (Å²) in [5.74, 6) is -1.12. The third-order valence-corrected chi connectivity index (χ3v) is 2.43. The van der Waals surface area contributed by atoms with Crippen LogP contribution in [0.2, 0.25) is 0 Å². The van der Waals surface area contributed by atoms with Gasteiger partial charge in [-0.1, -0.05) is 12.1 Å². The molecule has 1 N–H and O–H groups in total. The van der Waals surface area contributed by atoms with Gasteiger partial charge in [0.15, 0.2) is 0 Å². The van der Waals surface area contributed by atoms with Gasteiger partial charge in [0.05, 0.1) is 6.42 Å². The average Bonchev–Trinajstić information content (AvgIpc) is 2.40. The lowest BCUT2D eigenvalue weighted by atomic mass is 10.1. The average molecular weight is 236 g/mol. The van der Waals surface area contributed by atoms with E-state index in [0.29, 0.717) is 11.3 Å². The van der Waals surface area contributed by atoms with Crippen molar-refractivity contribution in [3.63, 3.8) is 0 Å². The second-order valence-corrected chi connectivity index (χ2v) is 3.89. The number of hydrogen-bond donors (Lipinski definition) is 1. The summed E-state index contributed by atoms with van der Waals surface area (Å²) < 4.78 is 10.5. The van der Waals surface area contributed by atoms with Crippen molar-refractivity contribution in [2.45, 2.75) is 19.4 Å². The van der Waals surface area contributed by atoms with Gasteiger partial charge in [0.25, 0.3) is 0 Å². The summed E-state index contributed by atoms with van der Waals surface area (Å²) in [4.78, 5) is 22.4. The predicted octanol–water partition coefficient (Wildman–Crippen LogP) is 1.25. The second-order valence-electron chi connectivity index (χ2n) is 3.89. The van der Waals surface area contributed by atoms with E-state index in [1.165, 1.54) is 0 Å². The maximum Gasteiger partial charge on any atom is 0.342 e. The van der Waals surface area contributed by atoms with Crippen molar-refractivity contribution in [1.82, 2.24) is 0 Å². The molecule has 5 heteroatoms. The summed E-state index contributed by atoms with van der Waals surface area (Å²) in [5.41, 5.74) is 0.772. The first kappa shape index (κ1) is 11.4. The smallest absolute Gasteiger partial charge is 0.342 e. The topological polar surface area (TPSA) is 72.8 Å². The number of carboxylic acid groups (broad SMARTS) is 1. The molecule has 0 saturated heterocycles. The molecule has 1 atom stereocenters. The minimum atomic E-state index is -0.965. The summed E-state index contributed by atoms with van der Waals surface area (Å²) >= 11 is 0. The van der Waals surface area contributed by atoms with Gasteiger partial charge in [-0.2, -0.15) is 0 Å². The van der Waals surface area contributed by atoms with Crippen LogP contribution >= 0.6 is 0 Å². The van der Waals surface area contributed by atoms with E-state index in [4.69, 9.17) is 14.6 Å². The second kappa shape index (κ2) is 4.45. The van der Waals surface area contributed by atoms with Gasteiger partial charge in [0.2, 0.25) is 0 Å². The van der Waals surface area contributed by atoms with Gasteiger partial charge in [-0.3, -0.25) is 4.79 Å². The Balaban J connectivity index is 2.46. The van der Waals surface area contributed by atoms with Crippen LogP contribution < -0.4 is 4.74 Å². The highest BCUT2D eigenvalue weighted by molar-refractivity contribution is 5.93. The standard InChI is InChI=1S/C12H12O5/c1-7-6-16-12(15)9-4-2-3-8(5-10(13)14)11(9)17-7/h2-4,7H,5-6H2,1H3,(H,13,14). The Hall–Kier alpha value is -2.04. The Kier molecular flexibility index (Phi) is 2.99. The molecule has 1 aromatic carbocycles. The summed E-state index contributed by atoms with van der Waals surface area (Å²) in [6.07, 6.45) is -0.460. The molecule has 0 saturated carbocycles. The molecule has 0 bridgehead atoms. The molecule has 0 radical (unpaired) electrons. The zero-order chi connectivity index (χ0) is 12.4. The fourth-order valence-electron chi connectivity index (χ4n) is 1.69. The molecule has 0 aliphatic carbocycles. The monoisotopic (exact) mass is 236 g/mol. The van der Waals surface area contributed by atoms with Crippen molar-refractivity contribution in [3.05, 3.63) is 29.3 Å². The lowest BCUT2D eigenvalue weighted by molar-refractivity contribution is -0.136. The van der Waals surface area contributed by atoms with Crippen molar-refractivity contribution >= 4 is 11.9 Å². The minimum absolute atomic E-state index is 0.167. The van der Waals surface area contributed by atoms with Crippen molar-refractivity contribution < 1.29 is 24.2 Å². The van der Waals surface area contributed by atoms with Gasteiger partial charge in [-0.05, 0) is 13.0 Å². The normalized spacial score (nSPS) is 18.6. The number of ether oxygens (including phenoxy) is 2. The van der Waals surface area contributed by atoms with Crippen molar-refractivity contribution in [2.75, 3.05) is 6.61 Å². The molecular weight excluding hydrogens is 224 g/mol. The van der Waals surface area contributed by atoms with Crippen LogP contribution in [0.3, 0.4) is 0 Å². The number of para-hydroxylation sites is 1. The summed E-state index contributed by atoms with van der Waals surface area (Å²) in [6, 6.07) is 4.83. The largest absolute Gasteiger partial charge is 0.486 e. The van der Waals surface area contributed by atoms with Crippen LogP contribution in [0.4, 0.5) is 0 Å². The number of cyclic esters (lactones) is 1. The molecule has 0 aromatic heterocycles. The first-order chi connectivity index (χ1) is 8.08. The molecule has 90 valence electrons. The van der Waals surface area contributed by atoms with Gasteiger partial charge in [-0.25, -0.2) is 4.79 Å². The molecular formula is C12H12O5. The van der Waals surface area contributed by atoms with Crippen molar-refractivity contribution in [2.24, 2.45) is 0 Å². The molecule has 1 aliphatic rings. The quantitative estimate of drug-likeness (QED) is 0.782. The van der Waals surface area contributed by atoms with Crippen molar-refractivity contribution in [3.8, 4) is 5.75 Å². The zero-order valence-corrected chi connectivity index (χ0v) is 9.30. The maximum atomic E-state index is 11.6. The van der Waals surface area contributed by atoms with E-state index in [2.05, 4.69) is 0 Å². The molecule has 1 aromatic rings. The molecule has 2 rings (SSSR count). The first-order valence-electron chi connectivity index (χ1n) is 5.25. The number of hydrogen-bond acceptors (Lipinski definition) is 4. The summed E-state index contributed by atoms with van der Waals surface area (Å²) in [5, 5.41) is 8.80. The number of rotatable bonds is 2. The van der Waals surface area contributed by atoms with E-state index in [-0.39, 0.29) is 24.7 Å². The van der Waals surface area contributed by atoms with Crippen LogP contribution in [0.15, 0.2) is 18.2 Å². The molecule has 0 spiro atoms. The van der Waals surface area contributed by atoms with Crippen LogP contribution in [0, 0.1) is 0 Å². The van der Waals surface area contributed by atoms with E-state index < -0.39 is 11.9 Å². The van der Waals surface area contributed by atoms with Gasteiger partial charge in [0.1, 0.15) is 24.0 Å². The third kappa shape index (κ3) is 2.38. The molecule has 5 nitrogen and oxygen atoms in total. The van der Waals surface area contributed by atoms with Gasteiger partial charge in [-0.15, -0.1) is 0 Å². The molecule has 0 amide bonds. The van der Waals surface area contributed by atoms with Gasteiger partial charge < -0.3 is 14.6 Å². The SMILES string of the molecule is CC1COC(=O)c2cccc(CC(=O)O)c2O1. The van der Waals surface area contributed by atoms with Crippen LogP contribution in [0.1, 0.15) is 22.8 Å². The predicted molar refractivity (Wildman–Crippen MR) is 58.2 cm³/mol. The number of esters is 1. The highest BCUT2D eigenvalue weighted by atomic mass is 16.6. The number of fused-ring (bicyclic) bond motifs is 1. The number of carboxylic acids is 1. The molecule has 0 fully saturated rings. The van der Waals surface area contributed by atoms with Gasteiger partial charge >= 0.3 is 11.9 Å². The highest BCUT2D eigenvalue weighted by Gasteiger charge is 2.24. The number of carbonyl (C=O) groups excluding carboxylic acids is 1. The van der Waals surface area contributed by atoms with E-state index in [9.17, 15) is 9.59 Å². The van der Waals surface area contributed by atoms with E-state index >= 15 is 0 Å². The molecule has 1 heterocycles. The van der Waals surface area contributed by atoms with Crippen LogP contribution in [0.25, 0.3) is 0 Å².